The average molecular weight is 255 g/mol. The molecule has 1 aromatic rings. The van der Waals surface area contributed by atoms with Gasteiger partial charge in [-0.1, -0.05) is 37.6 Å². The van der Waals surface area contributed by atoms with E-state index in [0.29, 0.717) is 12.6 Å². The standard InChI is InChI=1S/C14H23ClN2/c1-4-11(3)17(5-2)14(10-16)12-7-6-8-13(15)9-12/h6-9,11,14H,4-5,10,16H2,1-3H3. The number of halogens is 1. The highest BCUT2D eigenvalue weighted by molar-refractivity contribution is 6.30. The molecule has 0 saturated carbocycles. The van der Waals surface area contributed by atoms with Crippen molar-refractivity contribution in [3.63, 3.8) is 0 Å². The molecule has 17 heavy (non-hydrogen) atoms. The second-order valence-corrected chi connectivity index (χ2v) is 4.83. The minimum atomic E-state index is 0.258. The maximum absolute atomic E-state index is 6.05. The molecule has 2 unspecified atom stereocenters. The normalized spacial score (nSPS) is 14.9. The van der Waals surface area contributed by atoms with Crippen LogP contribution in [0.15, 0.2) is 24.3 Å². The van der Waals surface area contributed by atoms with Crippen molar-refractivity contribution in [1.29, 1.82) is 0 Å². The van der Waals surface area contributed by atoms with Gasteiger partial charge in [-0.05, 0) is 37.6 Å². The Labute approximate surface area is 110 Å². The Balaban J connectivity index is 2.96. The molecular formula is C14H23ClN2. The van der Waals surface area contributed by atoms with Crippen molar-refractivity contribution in [1.82, 2.24) is 4.90 Å². The van der Waals surface area contributed by atoms with E-state index in [4.69, 9.17) is 17.3 Å². The lowest BCUT2D eigenvalue weighted by Gasteiger charge is -2.35. The van der Waals surface area contributed by atoms with Gasteiger partial charge in [-0.3, -0.25) is 4.90 Å². The summed E-state index contributed by atoms with van der Waals surface area (Å²) in [5, 5.41) is 0.779. The molecule has 2 nitrogen and oxygen atoms in total. The highest BCUT2D eigenvalue weighted by Crippen LogP contribution is 2.25. The number of likely N-dealkylation sites (N-methyl/N-ethyl adjacent to an activating group) is 1. The van der Waals surface area contributed by atoms with Crippen LogP contribution in [0.2, 0.25) is 5.02 Å². The number of hydrogen-bond donors (Lipinski definition) is 1. The molecule has 96 valence electrons. The summed E-state index contributed by atoms with van der Waals surface area (Å²) in [5.74, 6) is 0. The molecule has 0 saturated heterocycles. The van der Waals surface area contributed by atoms with Gasteiger partial charge in [-0.15, -0.1) is 0 Å². The Hall–Kier alpha value is -0.570. The molecule has 1 rings (SSSR count). The van der Waals surface area contributed by atoms with Crippen LogP contribution in [-0.2, 0) is 0 Å². The van der Waals surface area contributed by atoms with Crippen molar-refractivity contribution >= 4 is 11.6 Å². The zero-order valence-electron chi connectivity index (χ0n) is 11.0. The molecule has 1 aromatic carbocycles. The molecule has 0 spiro atoms. The second-order valence-electron chi connectivity index (χ2n) is 4.39. The van der Waals surface area contributed by atoms with Crippen LogP contribution in [-0.4, -0.2) is 24.0 Å². The Morgan fingerprint density at radius 3 is 2.53 bits per heavy atom. The molecule has 3 heteroatoms. The Morgan fingerprint density at radius 1 is 1.35 bits per heavy atom. The van der Waals surface area contributed by atoms with E-state index >= 15 is 0 Å². The molecule has 0 amide bonds. The Bertz CT molecular complexity index is 341. The van der Waals surface area contributed by atoms with Gasteiger partial charge in [0.25, 0.3) is 0 Å². The predicted octanol–water partition coefficient (Wildman–Crippen LogP) is 3.46. The third kappa shape index (κ3) is 3.70. The van der Waals surface area contributed by atoms with E-state index in [1.165, 1.54) is 5.56 Å². The summed E-state index contributed by atoms with van der Waals surface area (Å²) in [6.45, 7) is 8.26. The molecule has 0 fully saturated rings. The summed E-state index contributed by atoms with van der Waals surface area (Å²) >= 11 is 6.05. The first-order valence-electron chi connectivity index (χ1n) is 6.35. The van der Waals surface area contributed by atoms with Gasteiger partial charge in [0, 0.05) is 23.7 Å². The first kappa shape index (κ1) is 14.5. The largest absolute Gasteiger partial charge is 0.329 e. The van der Waals surface area contributed by atoms with E-state index in [1.54, 1.807) is 0 Å². The molecule has 0 aromatic heterocycles. The van der Waals surface area contributed by atoms with Crippen LogP contribution in [0.4, 0.5) is 0 Å². The molecule has 0 radical (unpaired) electrons. The monoisotopic (exact) mass is 254 g/mol. The van der Waals surface area contributed by atoms with Crippen LogP contribution in [0.25, 0.3) is 0 Å². The van der Waals surface area contributed by atoms with Crippen LogP contribution in [0.3, 0.4) is 0 Å². The smallest absolute Gasteiger partial charge is 0.0473 e. The van der Waals surface area contributed by atoms with Crippen molar-refractivity contribution in [2.75, 3.05) is 13.1 Å². The zero-order chi connectivity index (χ0) is 12.8. The third-order valence-corrected chi connectivity index (χ3v) is 3.61. The van der Waals surface area contributed by atoms with Crippen molar-refractivity contribution in [2.45, 2.75) is 39.3 Å². The van der Waals surface area contributed by atoms with E-state index in [9.17, 15) is 0 Å². The van der Waals surface area contributed by atoms with Gasteiger partial charge in [0.1, 0.15) is 0 Å². The molecule has 0 aliphatic rings. The van der Waals surface area contributed by atoms with Crippen LogP contribution < -0.4 is 5.73 Å². The van der Waals surface area contributed by atoms with Crippen molar-refractivity contribution in [2.24, 2.45) is 5.73 Å². The molecule has 0 aliphatic heterocycles. The van der Waals surface area contributed by atoms with Crippen LogP contribution >= 0.6 is 11.6 Å². The average Bonchev–Trinajstić information content (AvgIpc) is 2.34. The van der Waals surface area contributed by atoms with E-state index in [2.05, 4.69) is 31.7 Å². The van der Waals surface area contributed by atoms with Gasteiger partial charge >= 0.3 is 0 Å². The lowest BCUT2D eigenvalue weighted by atomic mass is 10.0. The number of benzene rings is 1. The predicted molar refractivity (Wildman–Crippen MR) is 75.4 cm³/mol. The summed E-state index contributed by atoms with van der Waals surface area (Å²) < 4.78 is 0. The lowest BCUT2D eigenvalue weighted by Crippen LogP contribution is -2.39. The summed E-state index contributed by atoms with van der Waals surface area (Å²) in [6, 6.07) is 8.81. The van der Waals surface area contributed by atoms with Crippen LogP contribution in [0.1, 0.15) is 38.8 Å². The van der Waals surface area contributed by atoms with Crippen molar-refractivity contribution < 1.29 is 0 Å². The van der Waals surface area contributed by atoms with Gasteiger partial charge in [0.05, 0.1) is 0 Å². The maximum Gasteiger partial charge on any atom is 0.0473 e. The Kier molecular flexibility index (Phi) is 5.96. The SMILES string of the molecule is CCC(C)N(CC)C(CN)c1cccc(Cl)c1. The Morgan fingerprint density at radius 2 is 2.06 bits per heavy atom. The maximum atomic E-state index is 6.05. The molecule has 2 N–H and O–H groups in total. The van der Waals surface area contributed by atoms with E-state index in [0.717, 1.165) is 18.0 Å². The summed E-state index contributed by atoms with van der Waals surface area (Å²) in [6.07, 6.45) is 1.13. The minimum absolute atomic E-state index is 0.258. The van der Waals surface area contributed by atoms with Crippen molar-refractivity contribution in [3.05, 3.63) is 34.9 Å². The summed E-state index contributed by atoms with van der Waals surface area (Å²) in [5.41, 5.74) is 7.15. The van der Waals surface area contributed by atoms with E-state index in [1.807, 2.05) is 18.2 Å². The van der Waals surface area contributed by atoms with Gasteiger partial charge in [-0.25, -0.2) is 0 Å². The molecule has 0 bridgehead atoms. The minimum Gasteiger partial charge on any atom is -0.329 e. The third-order valence-electron chi connectivity index (χ3n) is 3.38. The quantitative estimate of drug-likeness (QED) is 0.843. The first-order valence-corrected chi connectivity index (χ1v) is 6.73. The number of nitrogens with zero attached hydrogens (tertiary/aromatic N) is 1. The van der Waals surface area contributed by atoms with Gasteiger partial charge in [0.2, 0.25) is 0 Å². The first-order chi connectivity index (χ1) is 8.13. The molecule has 2 atom stereocenters. The van der Waals surface area contributed by atoms with E-state index < -0.39 is 0 Å². The van der Waals surface area contributed by atoms with Gasteiger partial charge < -0.3 is 5.73 Å². The summed E-state index contributed by atoms with van der Waals surface area (Å²) in [7, 11) is 0. The highest BCUT2D eigenvalue weighted by Gasteiger charge is 2.21. The zero-order valence-corrected chi connectivity index (χ0v) is 11.7. The fourth-order valence-electron chi connectivity index (χ4n) is 2.25. The molecule has 0 aliphatic carbocycles. The number of nitrogens with two attached hydrogens (primary N) is 1. The fourth-order valence-corrected chi connectivity index (χ4v) is 2.45. The number of hydrogen-bond acceptors (Lipinski definition) is 2. The fraction of sp³-hybridized carbons (Fsp3) is 0.571. The molecule has 0 heterocycles. The highest BCUT2D eigenvalue weighted by atomic mass is 35.5. The lowest BCUT2D eigenvalue weighted by molar-refractivity contribution is 0.152. The molecular weight excluding hydrogens is 232 g/mol. The number of rotatable bonds is 6. The van der Waals surface area contributed by atoms with Gasteiger partial charge in [0.15, 0.2) is 0 Å². The summed E-state index contributed by atoms with van der Waals surface area (Å²) in [4.78, 5) is 2.44. The van der Waals surface area contributed by atoms with Gasteiger partial charge in [-0.2, -0.15) is 0 Å². The topological polar surface area (TPSA) is 29.3 Å². The van der Waals surface area contributed by atoms with Crippen LogP contribution in [0, 0.1) is 0 Å². The van der Waals surface area contributed by atoms with Crippen molar-refractivity contribution in [3.8, 4) is 0 Å². The second kappa shape index (κ2) is 7.00. The van der Waals surface area contributed by atoms with E-state index in [-0.39, 0.29) is 6.04 Å². The van der Waals surface area contributed by atoms with Crippen LogP contribution in [0.5, 0.6) is 0 Å².